The Morgan fingerprint density at radius 2 is 1.91 bits per heavy atom. The van der Waals surface area contributed by atoms with Crippen LogP contribution in [-0.2, 0) is 30.8 Å². The summed E-state index contributed by atoms with van der Waals surface area (Å²) in [6, 6.07) is 4.51. The Kier molecular flexibility index (Phi) is 5.92. The van der Waals surface area contributed by atoms with Crippen LogP contribution in [0.1, 0.15) is 12.5 Å². The largest absolute Gasteiger partial charge is 0.495 e. The van der Waals surface area contributed by atoms with Crippen molar-refractivity contribution < 1.29 is 27.5 Å². The van der Waals surface area contributed by atoms with Gasteiger partial charge in [0.05, 0.1) is 7.11 Å². The van der Waals surface area contributed by atoms with Crippen LogP contribution >= 0.6 is 0 Å². The predicted octanol–water partition coefficient (Wildman–Crippen LogP) is 0.620. The molecular formula is C14H19NO6S. The van der Waals surface area contributed by atoms with Crippen LogP contribution in [0.3, 0.4) is 0 Å². The fraction of sp³-hybridized carbons (Fsp3) is 0.429. The van der Waals surface area contributed by atoms with Crippen molar-refractivity contribution in [1.82, 2.24) is 4.90 Å². The lowest BCUT2D eigenvalue weighted by Gasteiger charge is -2.14. The zero-order valence-corrected chi connectivity index (χ0v) is 13.8. The number of hydrogen-bond acceptors (Lipinski definition) is 6. The van der Waals surface area contributed by atoms with Crippen molar-refractivity contribution in [2.75, 3.05) is 27.0 Å². The van der Waals surface area contributed by atoms with E-state index in [9.17, 15) is 18.0 Å². The highest BCUT2D eigenvalue weighted by Gasteiger charge is 2.16. The molecule has 0 spiro atoms. The summed E-state index contributed by atoms with van der Waals surface area (Å²) in [6.07, 6.45) is 1.07. The lowest BCUT2D eigenvalue weighted by Crippen LogP contribution is -2.31. The van der Waals surface area contributed by atoms with E-state index in [0.717, 1.165) is 6.26 Å². The highest BCUT2D eigenvalue weighted by molar-refractivity contribution is 7.90. The summed E-state index contributed by atoms with van der Waals surface area (Å²) in [7, 11) is -0.594. The average molecular weight is 329 g/mol. The van der Waals surface area contributed by atoms with Crippen molar-refractivity contribution in [2.45, 2.75) is 18.4 Å². The van der Waals surface area contributed by atoms with Gasteiger partial charge in [-0.25, -0.2) is 8.42 Å². The molecule has 1 amide bonds. The molecule has 0 radical (unpaired) electrons. The third-order valence-electron chi connectivity index (χ3n) is 2.93. The van der Waals surface area contributed by atoms with Crippen molar-refractivity contribution in [1.29, 1.82) is 0 Å². The van der Waals surface area contributed by atoms with E-state index in [1.54, 1.807) is 6.07 Å². The third kappa shape index (κ3) is 5.03. The summed E-state index contributed by atoms with van der Waals surface area (Å²) >= 11 is 0. The number of amides is 1. The van der Waals surface area contributed by atoms with Crippen LogP contribution in [0.25, 0.3) is 0 Å². The number of benzene rings is 1. The fourth-order valence-electron chi connectivity index (χ4n) is 1.62. The second-order valence-electron chi connectivity index (χ2n) is 4.79. The molecule has 7 nitrogen and oxygen atoms in total. The molecule has 122 valence electrons. The van der Waals surface area contributed by atoms with Gasteiger partial charge in [-0.05, 0) is 17.7 Å². The first-order chi connectivity index (χ1) is 10.1. The number of hydrogen-bond donors (Lipinski definition) is 0. The van der Waals surface area contributed by atoms with Crippen molar-refractivity contribution >= 4 is 21.7 Å². The first-order valence-electron chi connectivity index (χ1n) is 6.39. The first kappa shape index (κ1) is 18.0. The van der Waals surface area contributed by atoms with Crippen LogP contribution in [0, 0.1) is 0 Å². The minimum absolute atomic E-state index is 0.0319. The summed E-state index contributed by atoms with van der Waals surface area (Å²) in [4.78, 5) is 23.8. The number of sulfone groups is 1. The quantitative estimate of drug-likeness (QED) is 0.711. The smallest absolute Gasteiger partial charge is 0.325 e. The lowest BCUT2D eigenvalue weighted by atomic mass is 10.2. The second kappa shape index (κ2) is 7.26. The fourth-order valence-corrected chi connectivity index (χ4v) is 2.50. The first-order valence-corrected chi connectivity index (χ1v) is 8.28. The van der Waals surface area contributed by atoms with Crippen LogP contribution in [-0.4, -0.2) is 52.2 Å². The van der Waals surface area contributed by atoms with Crippen molar-refractivity contribution in [3.8, 4) is 5.75 Å². The van der Waals surface area contributed by atoms with Gasteiger partial charge in [0, 0.05) is 20.2 Å². The van der Waals surface area contributed by atoms with E-state index in [-0.39, 0.29) is 29.7 Å². The standard InChI is InChI=1S/C14H19NO6S/c1-10(16)15(2)8-14(17)21-9-11-5-6-12(20-3)13(7-11)22(4,18)19/h5-7H,8-9H2,1-4H3. The molecule has 1 aromatic rings. The number of carbonyl (C=O) groups excluding carboxylic acids is 2. The maximum atomic E-state index is 11.7. The van der Waals surface area contributed by atoms with Gasteiger partial charge in [0.2, 0.25) is 5.91 Å². The van der Waals surface area contributed by atoms with Gasteiger partial charge in [0.1, 0.15) is 23.8 Å². The topological polar surface area (TPSA) is 90.0 Å². The van der Waals surface area contributed by atoms with Crippen molar-refractivity contribution in [2.24, 2.45) is 0 Å². The molecule has 1 rings (SSSR count). The molecule has 8 heteroatoms. The maximum absolute atomic E-state index is 11.7. The molecule has 0 bridgehead atoms. The number of rotatable bonds is 6. The number of ether oxygens (including phenoxy) is 2. The van der Waals surface area contributed by atoms with Gasteiger partial charge >= 0.3 is 5.97 Å². The molecule has 0 aliphatic heterocycles. The number of nitrogens with zero attached hydrogens (tertiary/aromatic N) is 1. The summed E-state index contributed by atoms with van der Waals surface area (Å²) < 4.78 is 33.4. The summed E-state index contributed by atoms with van der Waals surface area (Å²) in [5.41, 5.74) is 0.514. The van der Waals surface area contributed by atoms with Crippen LogP contribution < -0.4 is 4.74 Å². The molecule has 0 aliphatic carbocycles. The Balaban J connectivity index is 2.79. The maximum Gasteiger partial charge on any atom is 0.325 e. The lowest BCUT2D eigenvalue weighted by molar-refractivity contribution is -0.149. The molecule has 0 fully saturated rings. The van der Waals surface area contributed by atoms with E-state index in [0.29, 0.717) is 5.56 Å². The van der Waals surface area contributed by atoms with E-state index in [4.69, 9.17) is 9.47 Å². The van der Waals surface area contributed by atoms with Crippen LogP contribution in [0.4, 0.5) is 0 Å². The molecule has 1 aromatic carbocycles. The molecule has 0 N–H and O–H groups in total. The highest BCUT2D eigenvalue weighted by Crippen LogP contribution is 2.25. The molecule has 0 aromatic heterocycles. The Morgan fingerprint density at radius 1 is 1.27 bits per heavy atom. The van der Waals surface area contributed by atoms with Crippen LogP contribution in [0.15, 0.2) is 23.1 Å². The van der Waals surface area contributed by atoms with E-state index in [2.05, 4.69) is 0 Å². The number of carbonyl (C=O) groups is 2. The van der Waals surface area contributed by atoms with Gasteiger partial charge in [0.25, 0.3) is 0 Å². The van der Waals surface area contributed by atoms with Crippen molar-refractivity contribution in [3.63, 3.8) is 0 Å². The van der Waals surface area contributed by atoms with Crippen LogP contribution in [0.2, 0.25) is 0 Å². The van der Waals surface area contributed by atoms with E-state index in [1.807, 2.05) is 0 Å². The molecule has 0 saturated heterocycles. The predicted molar refractivity (Wildman–Crippen MR) is 79.2 cm³/mol. The zero-order chi connectivity index (χ0) is 16.9. The molecule has 0 unspecified atom stereocenters. The SMILES string of the molecule is COc1ccc(COC(=O)CN(C)C(C)=O)cc1S(C)(=O)=O. The molecule has 0 heterocycles. The number of methoxy groups -OCH3 is 1. The third-order valence-corrected chi connectivity index (χ3v) is 4.05. The van der Waals surface area contributed by atoms with E-state index in [1.165, 1.54) is 38.1 Å². The second-order valence-corrected chi connectivity index (χ2v) is 6.78. The summed E-state index contributed by atoms with van der Waals surface area (Å²) in [6.45, 7) is 1.09. The number of likely N-dealkylation sites (N-methyl/N-ethyl adjacent to an activating group) is 1. The average Bonchev–Trinajstić information content (AvgIpc) is 2.43. The summed E-state index contributed by atoms with van der Waals surface area (Å²) in [5.74, 6) is -0.593. The summed E-state index contributed by atoms with van der Waals surface area (Å²) in [5, 5.41) is 0. The molecule has 0 aliphatic rings. The van der Waals surface area contributed by atoms with Gasteiger partial charge in [-0.15, -0.1) is 0 Å². The normalized spacial score (nSPS) is 10.9. The van der Waals surface area contributed by atoms with Gasteiger partial charge in [-0.1, -0.05) is 6.07 Å². The van der Waals surface area contributed by atoms with E-state index >= 15 is 0 Å². The minimum atomic E-state index is -3.46. The van der Waals surface area contributed by atoms with Gasteiger partial charge < -0.3 is 14.4 Å². The molecule has 22 heavy (non-hydrogen) atoms. The van der Waals surface area contributed by atoms with E-state index < -0.39 is 15.8 Å². The minimum Gasteiger partial charge on any atom is -0.495 e. The van der Waals surface area contributed by atoms with Gasteiger partial charge in [-0.2, -0.15) is 0 Å². The van der Waals surface area contributed by atoms with Crippen molar-refractivity contribution in [3.05, 3.63) is 23.8 Å². The Labute approximate surface area is 129 Å². The van der Waals surface area contributed by atoms with Gasteiger partial charge in [-0.3, -0.25) is 9.59 Å². The molecular weight excluding hydrogens is 310 g/mol. The highest BCUT2D eigenvalue weighted by atomic mass is 32.2. The molecule has 0 saturated carbocycles. The Bertz CT molecular complexity index is 668. The number of esters is 1. The van der Waals surface area contributed by atoms with Gasteiger partial charge in [0.15, 0.2) is 9.84 Å². The van der Waals surface area contributed by atoms with Crippen LogP contribution in [0.5, 0.6) is 5.75 Å². The molecule has 0 atom stereocenters. The Morgan fingerprint density at radius 3 is 2.41 bits per heavy atom. The monoisotopic (exact) mass is 329 g/mol. The zero-order valence-electron chi connectivity index (χ0n) is 13.0. The Hall–Kier alpha value is -2.09.